The van der Waals surface area contributed by atoms with Gasteiger partial charge >= 0.3 is 0 Å². The Morgan fingerprint density at radius 2 is 1.62 bits per heavy atom. The molecule has 1 heterocycles. The van der Waals surface area contributed by atoms with Gasteiger partial charge in [-0.3, -0.25) is 9.59 Å². The second-order valence-electron chi connectivity index (χ2n) is 7.77. The number of nitrogens with zero attached hydrogens (tertiary/aromatic N) is 1. The number of rotatable bonds is 7. The first kappa shape index (κ1) is 21.8. The van der Waals surface area contributed by atoms with E-state index in [4.69, 9.17) is 4.74 Å². The number of amides is 2. The highest BCUT2D eigenvalue weighted by Gasteiger charge is 2.40. The first-order valence-corrected chi connectivity index (χ1v) is 11.1. The first-order chi connectivity index (χ1) is 15.4. The smallest absolute Gasteiger partial charge is 0.272 e. The highest BCUT2D eigenvalue weighted by molar-refractivity contribution is 8.04. The van der Waals surface area contributed by atoms with E-state index in [2.05, 4.69) is 13.8 Å². The van der Waals surface area contributed by atoms with E-state index < -0.39 is 17.6 Å². The Morgan fingerprint density at radius 1 is 0.906 bits per heavy atom. The molecule has 2 amide bonds. The predicted octanol–water partition coefficient (Wildman–Crippen LogP) is 5.94. The number of halogens is 1. The van der Waals surface area contributed by atoms with Crippen molar-refractivity contribution in [3.63, 3.8) is 0 Å². The molecule has 1 aliphatic rings. The van der Waals surface area contributed by atoms with Crippen LogP contribution in [0, 0.1) is 11.7 Å². The number of anilines is 1. The Morgan fingerprint density at radius 3 is 2.28 bits per heavy atom. The molecule has 1 aliphatic heterocycles. The van der Waals surface area contributed by atoms with Crippen molar-refractivity contribution in [3.05, 3.63) is 95.1 Å². The van der Waals surface area contributed by atoms with Crippen molar-refractivity contribution in [1.82, 2.24) is 0 Å². The van der Waals surface area contributed by atoms with Gasteiger partial charge in [-0.05, 0) is 53.9 Å². The molecule has 3 aromatic carbocycles. The van der Waals surface area contributed by atoms with E-state index >= 15 is 0 Å². The number of thioether (sulfide) groups is 1. The molecule has 3 aromatic rings. The molecule has 0 bridgehead atoms. The van der Waals surface area contributed by atoms with Crippen molar-refractivity contribution in [3.8, 4) is 5.75 Å². The number of imide groups is 1. The van der Waals surface area contributed by atoms with Crippen molar-refractivity contribution in [1.29, 1.82) is 0 Å². The molecule has 0 radical (unpaired) electrons. The summed E-state index contributed by atoms with van der Waals surface area (Å²) in [4.78, 5) is 28.9. The largest absolute Gasteiger partial charge is 0.493 e. The summed E-state index contributed by atoms with van der Waals surface area (Å²) in [6, 6.07) is 22.0. The lowest BCUT2D eigenvalue weighted by molar-refractivity contribution is -0.119. The zero-order chi connectivity index (χ0) is 22.7. The standard InChI is InChI=1S/C26H22FNO3S/c1-17(2)16-31-21-13-11-18(12-14-21)23-24(32-22-9-4-3-5-10-22)26(30)28(25(23)29)20-8-6-7-19(27)15-20/h3-15,17H,16H2,1-2H3. The minimum atomic E-state index is -0.513. The third kappa shape index (κ3) is 4.60. The Balaban J connectivity index is 1.73. The Hall–Kier alpha value is -3.38. The molecule has 0 aliphatic carbocycles. The summed E-state index contributed by atoms with van der Waals surface area (Å²) in [6.07, 6.45) is 0. The molecule has 0 unspecified atom stereocenters. The van der Waals surface area contributed by atoms with E-state index in [1.807, 2.05) is 30.3 Å². The maximum absolute atomic E-state index is 13.8. The fourth-order valence-electron chi connectivity index (χ4n) is 3.30. The summed E-state index contributed by atoms with van der Waals surface area (Å²) in [5, 5.41) is 0. The average molecular weight is 448 g/mol. The van der Waals surface area contributed by atoms with E-state index in [0.29, 0.717) is 34.3 Å². The topological polar surface area (TPSA) is 46.6 Å². The molecule has 4 nitrogen and oxygen atoms in total. The molecule has 4 rings (SSSR count). The van der Waals surface area contributed by atoms with Gasteiger partial charge in [0.25, 0.3) is 11.8 Å². The average Bonchev–Trinajstić information content (AvgIpc) is 3.02. The van der Waals surface area contributed by atoms with Crippen LogP contribution in [0.25, 0.3) is 5.57 Å². The third-order valence-corrected chi connectivity index (χ3v) is 5.89. The summed E-state index contributed by atoms with van der Waals surface area (Å²) in [5.74, 6) is -0.376. The van der Waals surface area contributed by atoms with Crippen molar-refractivity contribution < 1.29 is 18.7 Å². The van der Waals surface area contributed by atoms with E-state index in [1.165, 1.54) is 30.0 Å². The quantitative estimate of drug-likeness (QED) is 0.421. The summed E-state index contributed by atoms with van der Waals surface area (Å²) >= 11 is 1.23. The molecule has 0 saturated carbocycles. The molecule has 0 fully saturated rings. The number of benzene rings is 3. The molecule has 0 aromatic heterocycles. The lowest BCUT2D eigenvalue weighted by Gasteiger charge is -2.15. The van der Waals surface area contributed by atoms with Crippen molar-refractivity contribution in [2.45, 2.75) is 18.7 Å². The van der Waals surface area contributed by atoms with Crippen LogP contribution in [0.4, 0.5) is 10.1 Å². The van der Waals surface area contributed by atoms with Crippen LogP contribution in [0.2, 0.25) is 0 Å². The van der Waals surface area contributed by atoms with Crippen LogP contribution in [0.3, 0.4) is 0 Å². The van der Waals surface area contributed by atoms with Crippen molar-refractivity contribution in [2.24, 2.45) is 5.92 Å². The van der Waals surface area contributed by atoms with Crippen LogP contribution < -0.4 is 9.64 Å². The fraction of sp³-hybridized carbons (Fsp3) is 0.154. The van der Waals surface area contributed by atoms with Crippen molar-refractivity contribution in [2.75, 3.05) is 11.5 Å². The predicted molar refractivity (Wildman–Crippen MR) is 125 cm³/mol. The second-order valence-corrected chi connectivity index (χ2v) is 8.86. The lowest BCUT2D eigenvalue weighted by Crippen LogP contribution is -2.31. The van der Waals surface area contributed by atoms with E-state index in [0.717, 1.165) is 9.80 Å². The molecule has 0 saturated heterocycles. The van der Waals surface area contributed by atoms with Crippen LogP contribution in [-0.2, 0) is 9.59 Å². The Bertz CT molecular complexity index is 1170. The van der Waals surface area contributed by atoms with Gasteiger partial charge in [0.15, 0.2) is 0 Å². The van der Waals surface area contributed by atoms with Crippen LogP contribution in [-0.4, -0.2) is 18.4 Å². The SMILES string of the molecule is CC(C)COc1ccc(C2=C(Sc3ccccc3)C(=O)N(c3cccc(F)c3)C2=O)cc1. The van der Waals surface area contributed by atoms with Gasteiger partial charge in [0.2, 0.25) is 0 Å². The molecule has 32 heavy (non-hydrogen) atoms. The Kier molecular flexibility index (Phi) is 6.42. The normalized spacial score (nSPS) is 13.9. The highest BCUT2D eigenvalue weighted by Crippen LogP contribution is 2.41. The molecule has 0 N–H and O–H groups in total. The van der Waals surface area contributed by atoms with Gasteiger partial charge in [0, 0.05) is 4.90 Å². The van der Waals surface area contributed by atoms with Gasteiger partial charge in [0.05, 0.1) is 22.8 Å². The number of hydrogen-bond donors (Lipinski definition) is 0. The van der Waals surface area contributed by atoms with Crippen LogP contribution in [0.15, 0.2) is 88.7 Å². The zero-order valence-electron chi connectivity index (χ0n) is 17.7. The first-order valence-electron chi connectivity index (χ1n) is 10.3. The van der Waals surface area contributed by atoms with Gasteiger partial charge in [-0.1, -0.05) is 62.0 Å². The summed E-state index contributed by atoms with van der Waals surface area (Å²) in [6.45, 7) is 4.72. The Labute approximate surface area is 190 Å². The lowest BCUT2D eigenvalue weighted by atomic mass is 10.1. The van der Waals surface area contributed by atoms with Crippen LogP contribution in [0.5, 0.6) is 5.75 Å². The maximum atomic E-state index is 13.8. The molecule has 6 heteroatoms. The minimum absolute atomic E-state index is 0.207. The summed E-state index contributed by atoms with van der Waals surface area (Å²) in [5.41, 5.74) is 1.11. The monoisotopic (exact) mass is 447 g/mol. The fourth-order valence-corrected chi connectivity index (χ4v) is 4.31. The van der Waals surface area contributed by atoms with E-state index in [1.54, 1.807) is 30.3 Å². The molecular weight excluding hydrogens is 425 g/mol. The molecular formula is C26H22FNO3S. The number of carbonyl (C=O) groups is 2. The van der Waals surface area contributed by atoms with Gasteiger partial charge in [-0.15, -0.1) is 0 Å². The minimum Gasteiger partial charge on any atom is -0.493 e. The maximum Gasteiger partial charge on any atom is 0.272 e. The summed E-state index contributed by atoms with van der Waals surface area (Å²) < 4.78 is 19.6. The third-order valence-electron chi connectivity index (χ3n) is 4.80. The number of carbonyl (C=O) groups excluding carboxylic acids is 2. The van der Waals surface area contributed by atoms with E-state index in [-0.39, 0.29) is 5.69 Å². The number of ether oxygens (including phenoxy) is 1. The van der Waals surface area contributed by atoms with Crippen LogP contribution in [0.1, 0.15) is 19.4 Å². The number of hydrogen-bond acceptors (Lipinski definition) is 4. The van der Waals surface area contributed by atoms with Gasteiger partial charge in [-0.25, -0.2) is 9.29 Å². The van der Waals surface area contributed by atoms with E-state index in [9.17, 15) is 14.0 Å². The second kappa shape index (κ2) is 9.40. The molecule has 162 valence electrons. The van der Waals surface area contributed by atoms with Crippen molar-refractivity contribution >= 4 is 34.8 Å². The van der Waals surface area contributed by atoms with Gasteiger partial charge < -0.3 is 4.74 Å². The molecule has 0 atom stereocenters. The van der Waals surface area contributed by atoms with Crippen LogP contribution >= 0.6 is 11.8 Å². The zero-order valence-corrected chi connectivity index (χ0v) is 18.6. The highest BCUT2D eigenvalue weighted by atomic mass is 32.2. The van der Waals surface area contributed by atoms with Gasteiger partial charge in [0.1, 0.15) is 11.6 Å². The van der Waals surface area contributed by atoms with Gasteiger partial charge in [-0.2, -0.15) is 0 Å². The summed E-state index contributed by atoms with van der Waals surface area (Å²) in [7, 11) is 0. The molecule has 0 spiro atoms.